The van der Waals surface area contributed by atoms with Crippen molar-refractivity contribution in [1.29, 1.82) is 0 Å². The average molecular weight is 412 g/mol. The second-order valence-electron chi connectivity index (χ2n) is 7.54. The molecule has 1 aliphatic heterocycles. The highest BCUT2D eigenvalue weighted by Gasteiger charge is 2.25. The number of aliphatic hydroxyl groups is 1. The van der Waals surface area contributed by atoms with Crippen molar-refractivity contribution in [2.45, 2.75) is 0 Å². The first kappa shape index (κ1) is 20.6. The molecule has 1 aliphatic rings. The molecule has 5 heteroatoms. The number of benzene rings is 3. The largest absolute Gasteiger partial charge is 0.395 e. The Balaban J connectivity index is 1.59. The van der Waals surface area contributed by atoms with Crippen molar-refractivity contribution < 1.29 is 9.90 Å². The summed E-state index contributed by atoms with van der Waals surface area (Å²) in [5.41, 5.74) is 3.47. The van der Waals surface area contributed by atoms with Gasteiger partial charge in [0, 0.05) is 26.3 Å². The molecular weight excluding hydrogens is 386 g/mol. The van der Waals surface area contributed by atoms with Crippen LogP contribution in [0.15, 0.2) is 83.5 Å². The molecule has 1 heterocycles. The molecule has 3 aromatic rings. The highest BCUT2D eigenvalue weighted by atomic mass is 16.3. The fraction of sp³-hybridized carbons (Fsp3) is 0.154. The zero-order valence-corrected chi connectivity index (χ0v) is 17.7. The Kier molecular flexibility index (Phi) is 5.96. The summed E-state index contributed by atoms with van der Waals surface area (Å²) >= 11 is 0. The van der Waals surface area contributed by atoms with Crippen LogP contribution in [0.25, 0.3) is 22.9 Å². The monoisotopic (exact) mass is 411 g/mol. The molecule has 1 N–H and O–H groups in total. The van der Waals surface area contributed by atoms with Crippen LogP contribution in [0.3, 0.4) is 0 Å². The van der Waals surface area contributed by atoms with Gasteiger partial charge in [0.05, 0.1) is 6.61 Å². The van der Waals surface area contributed by atoms with E-state index in [2.05, 4.69) is 23.2 Å². The summed E-state index contributed by atoms with van der Waals surface area (Å²) in [6.07, 6.45) is 5.64. The first-order chi connectivity index (χ1) is 15.0. The van der Waals surface area contributed by atoms with Gasteiger partial charge in [-0.05, 0) is 52.3 Å². The Morgan fingerprint density at radius 1 is 0.968 bits per heavy atom. The van der Waals surface area contributed by atoms with Gasteiger partial charge in [-0.1, -0.05) is 54.6 Å². The highest BCUT2D eigenvalue weighted by molar-refractivity contribution is 6.18. The fourth-order valence-corrected chi connectivity index (χ4v) is 3.52. The summed E-state index contributed by atoms with van der Waals surface area (Å²) in [6.45, 7) is 0.705. The lowest BCUT2D eigenvalue weighted by Gasteiger charge is -2.18. The van der Waals surface area contributed by atoms with Gasteiger partial charge < -0.3 is 10.0 Å². The maximum absolute atomic E-state index is 12.7. The van der Waals surface area contributed by atoms with Gasteiger partial charge in [-0.25, -0.2) is 4.99 Å². The third kappa shape index (κ3) is 4.57. The van der Waals surface area contributed by atoms with E-state index in [-0.39, 0.29) is 12.5 Å². The molecule has 0 aromatic heterocycles. The molecule has 31 heavy (non-hydrogen) atoms. The molecule has 5 nitrogen and oxygen atoms in total. The summed E-state index contributed by atoms with van der Waals surface area (Å²) in [5.74, 6) is 0.506. The van der Waals surface area contributed by atoms with Crippen LogP contribution in [0, 0.1) is 0 Å². The van der Waals surface area contributed by atoms with Crippen LogP contribution in [0.2, 0.25) is 0 Å². The predicted molar refractivity (Wildman–Crippen MR) is 128 cm³/mol. The molecule has 0 fully saturated rings. The highest BCUT2D eigenvalue weighted by Crippen LogP contribution is 2.25. The van der Waals surface area contributed by atoms with E-state index in [1.54, 1.807) is 11.9 Å². The van der Waals surface area contributed by atoms with E-state index in [0.29, 0.717) is 18.1 Å². The Labute approximate surface area is 182 Å². The normalized spacial score (nSPS) is 15.3. The minimum atomic E-state index is -0.117. The molecule has 3 aromatic carbocycles. The molecule has 0 saturated carbocycles. The number of amidine groups is 1. The zero-order chi connectivity index (χ0) is 21.8. The lowest BCUT2D eigenvalue weighted by Crippen LogP contribution is -2.26. The molecule has 0 saturated heterocycles. The lowest BCUT2D eigenvalue weighted by molar-refractivity contribution is -0.121. The van der Waals surface area contributed by atoms with E-state index < -0.39 is 0 Å². The number of aliphatic hydroxyl groups excluding tert-OH is 1. The number of fused-ring (bicyclic) bond motifs is 1. The number of rotatable bonds is 6. The fourth-order valence-electron chi connectivity index (χ4n) is 3.52. The van der Waals surface area contributed by atoms with E-state index in [1.165, 1.54) is 0 Å². The van der Waals surface area contributed by atoms with Crippen LogP contribution in [0.4, 0.5) is 5.69 Å². The second kappa shape index (κ2) is 8.98. The van der Waals surface area contributed by atoms with E-state index >= 15 is 0 Å². The zero-order valence-electron chi connectivity index (χ0n) is 17.7. The van der Waals surface area contributed by atoms with E-state index in [9.17, 15) is 4.79 Å². The van der Waals surface area contributed by atoms with Crippen LogP contribution in [-0.4, -0.2) is 49.0 Å². The quantitative estimate of drug-likeness (QED) is 0.619. The molecule has 0 atom stereocenters. The van der Waals surface area contributed by atoms with Crippen LogP contribution < -0.4 is 4.90 Å². The number of nitrogens with zero attached hydrogens (tertiary/aromatic N) is 3. The lowest BCUT2D eigenvalue weighted by atomic mass is 10.1. The first-order valence-corrected chi connectivity index (χ1v) is 10.2. The van der Waals surface area contributed by atoms with Crippen LogP contribution in [0.1, 0.15) is 11.1 Å². The number of carbonyl (C=O) groups excluding carboxylic acids is 1. The molecule has 4 rings (SSSR count). The number of aliphatic imine (C=N–C) groups is 1. The van der Waals surface area contributed by atoms with Gasteiger partial charge in [0.15, 0.2) is 0 Å². The predicted octanol–water partition coefficient (Wildman–Crippen LogP) is 4.19. The summed E-state index contributed by atoms with van der Waals surface area (Å²) in [5, 5.41) is 11.3. The molecule has 156 valence electrons. The smallest absolute Gasteiger partial charge is 0.277 e. The summed E-state index contributed by atoms with van der Waals surface area (Å²) < 4.78 is 0. The van der Waals surface area contributed by atoms with Crippen molar-refractivity contribution in [3.8, 4) is 0 Å². The van der Waals surface area contributed by atoms with Crippen LogP contribution >= 0.6 is 0 Å². The van der Waals surface area contributed by atoms with Crippen molar-refractivity contribution >= 4 is 40.4 Å². The topological polar surface area (TPSA) is 56.1 Å². The van der Waals surface area contributed by atoms with Gasteiger partial charge in [-0.15, -0.1) is 0 Å². The molecular formula is C26H25N3O2. The van der Waals surface area contributed by atoms with Gasteiger partial charge in [-0.2, -0.15) is 0 Å². The summed E-state index contributed by atoms with van der Waals surface area (Å²) in [6, 6.07) is 22.2. The molecule has 1 amide bonds. The third-order valence-corrected chi connectivity index (χ3v) is 5.35. The van der Waals surface area contributed by atoms with Gasteiger partial charge in [0.2, 0.25) is 0 Å². The van der Waals surface area contributed by atoms with Crippen molar-refractivity contribution in [2.75, 3.05) is 32.1 Å². The van der Waals surface area contributed by atoms with Crippen molar-refractivity contribution in [2.24, 2.45) is 4.99 Å². The standard InChI is InChI=1S/C26H25N3O2/c1-28(14-15-30)23-12-11-21-16-20(8-10-22(21)18-23)17-24-26(31)29(2)25(27-24)13-9-19-6-4-3-5-7-19/h3-13,16-18,30H,14-15H2,1-2H3/b13-9+,24-17-. The third-order valence-electron chi connectivity index (χ3n) is 5.35. The molecule has 0 unspecified atom stereocenters. The van der Waals surface area contributed by atoms with E-state index in [4.69, 9.17) is 5.11 Å². The number of hydrogen-bond acceptors (Lipinski definition) is 4. The average Bonchev–Trinajstić information content (AvgIpc) is 3.06. The minimum absolute atomic E-state index is 0.117. The van der Waals surface area contributed by atoms with Gasteiger partial charge in [-0.3, -0.25) is 9.69 Å². The van der Waals surface area contributed by atoms with Gasteiger partial charge in [0.1, 0.15) is 11.5 Å². The van der Waals surface area contributed by atoms with Crippen molar-refractivity contribution in [3.05, 3.63) is 89.6 Å². The summed E-state index contributed by atoms with van der Waals surface area (Å²) in [4.78, 5) is 20.8. The Morgan fingerprint density at radius 3 is 2.48 bits per heavy atom. The number of anilines is 1. The van der Waals surface area contributed by atoms with Crippen molar-refractivity contribution in [3.63, 3.8) is 0 Å². The van der Waals surface area contributed by atoms with Gasteiger partial charge >= 0.3 is 0 Å². The summed E-state index contributed by atoms with van der Waals surface area (Å²) in [7, 11) is 3.70. The van der Waals surface area contributed by atoms with E-state index in [1.807, 2.05) is 78.7 Å². The van der Waals surface area contributed by atoms with Crippen molar-refractivity contribution in [1.82, 2.24) is 4.90 Å². The Hall–Kier alpha value is -3.70. The Bertz CT molecular complexity index is 1200. The maximum Gasteiger partial charge on any atom is 0.277 e. The number of hydrogen-bond donors (Lipinski definition) is 1. The maximum atomic E-state index is 12.7. The molecule has 0 radical (unpaired) electrons. The second-order valence-corrected chi connectivity index (χ2v) is 7.54. The SMILES string of the molecule is CN1C(=O)/C(=C/c2ccc3cc(N(C)CCO)ccc3c2)N=C1/C=C/c1ccccc1. The van der Waals surface area contributed by atoms with E-state index in [0.717, 1.165) is 27.6 Å². The van der Waals surface area contributed by atoms with Crippen LogP contribution in [-0.2, 0) is 4.79 Å². The minimum Gasteiger partial charge on any atom is -0.395 e. The Morgan fingerprint density at radius 2 is 1.71 bits per heavy atom. The van der Waals surface area contributed by atoms with Gasteiger partial charge in [0.25, 0.3) is 5.91 Å². The number of likely N-dealkylation sites (N-methyl/N-ethyl adjacent to an activating group) is 2. The first-order valence-electron chi connectivity index (χ1n) is 10.2. The molecule has 0 spiro atoms. The molecule has 0 bridgehead atoms. The van der Waals surface area contributed by atoms with Crippen LogP contribution in [0.5, 0.6) is 0 Å². The number of amides is 1. The molecule has 0 aliphatic carbocycles. The number of carbonyl (C=O) groups is 1.